The van der Waals surface area contributed by atoms with Crippen molar-refractivity contribution in [3.63, 3.8) is 0 Å². The molecular formula is C34H43N3O5. The lowest BCUT2D eigenvalue weighted by molar-refractivity contribution is -0.139. The summed E-state index contributed by atoms with van der Waals surface area (Å²) < 4.78 is 11.5. The molecule has 224 valence electrons. The van der Waals surface area contributed by atoms with E-state index in [1.165, 1.54) is 25.8 Å². The molecule has 1 amide bonds. The third-order valence-corrected chi connectivity index (χ3v) is 8.78. The highest BCUT2D eigenvalue weighted by molar-refractivity contribution is 6.08. The molecular weight excluding hydrogens is 530 g/mol. The maximum Gasteiger partial charge on any atom is 0.341 e. The summed E-state index contributed by atoms with van der Waals surface area (Å²) in [5, 5.41) is 10.5. The maximum absolute atomic E-state index is 13.5. The van der Waals surface area contributed by atoms with Crippen LogP contribution in [0.2, 0.25) is 0 Å². The van der Waals surface area contributed by atoms with Crippen LogP contribution in [-0.2, 0) is 4.79 Å². The van der Waals surface area contributed by atoms with Gasteiger partial charge in [-0.3, -0.25) is 4.79 Å². The van der Waals surface area contributed by atoms with Crippen LogP contribution < -0.4 is 14.4 Å². The lowest BCUT2D eigenvalue weighted by atomic mass is 9.91. The van der Waals surface area contributed by atoms with E-state index in [4.69, 9.17) is 14.6 Å². The van der Waals surface area contributed by atoms with Gasteiger partial charge in [0.05, 0.1) is 6.61 Å². The van der Waals surface area contributed by atoms with Gasteiger partial charge in [-0.15, -0.1) is 0 Å². The molecule has 2 aliphatic rings. The molecule has 0 saturated carbocycles. The number of benzene rings is 3. The summed E-state index contributed by atoms with van der Waals surface area (Å²) in [6, 6.07) is 19.9. The summed E-state index contributed by atoms with van der Waals surface area (Å²) in [6.45, 7) is 10.00. The molecule has 1 N–H and O–H groups in total. The number of carbonyl (C=O) groups excluding carboxylic acids is 1. The molecule has 2 unspecified atom stereocenters. The predicted molar refractivity (Wildman–Crippen MR) is 166 cm³/mol. The minimum atomic E-state index is -1.04. The molecule has 2 fully saturated rings. The number of nitrogens with zero attached hydrogens (tertiary/aromatic N) is 3. The van der Waals surface area contributed by atoms with E-state index in [1.54, 1.807) is 12.1 Å². The summed E-state index contributed by atoms with van der Waals surface area (Å²) >= 11 is 0. The van der Waals surface area contributed by atoms with Crippen LogP contribution in [-0.4, -0.2) is 85.3 Å². The second-order valence-electron chi connectivity index (χ2n) is 11.5. The van der Waals surface area contributed by atoms with E-state index >= 15 is 0 Å². The van der Waals surface area contributed by atoms with Gasteiger partial charge in [-0.1, -0.05) is 37.6 Å². The minimum Gasteiger partial charge on any atom is -0.494 e. The number of hydrogen-bond acceptors (Lipinski definition) is 6. The van der Waals surface area contributed by atoms with Crippen LogP contribution in [0.4, 0.5) is 5.69 Å². The van der Waals surface area contributed by atoms with E-state index in [1.807, 2.05) is 41.3 Å². The van der Waals surface area contributed by atoms with Gasteiger partial charge >= 0.3 is 5.97 Å². The average Bonchev–Trinajstić information content (AvgIpc) is 3.02. The quantitative estimate of drug-likeness (QED) is 0.302. The van der Waals surface area contributed by atoms with Crippen LogP contribution in [0.25, 0.3) is 10.8 Å². The van der Waals surface area contributed by atoms with Crippen molar-refractivity contribution in [2.75, 3.05) is 57.4 Å². The predicted octanol–water partition coefficient (Wildman–Crippen LogP) is 5.55. The molecule has 3 aromatic carbocycles. The van der Waals surface area contributed by atoms with Gasteiger partial charge in [-0.25, -0.2) is 4.79 Å². The van der Waals surface area contributed by atoms with E-state index < -0.39 is 12.6 Å². The lowest BCUT2D eigenvalue weighted by Gasteiger charge is -2.37. The van der Waals surface area contributed by atoms with Crippen molar-refractivity contribution >= 4 is 28.3 Å². The van der Waals surface area contributed by atoms with Crippen molar-refractivity contribution in [2.24, 2.45) is 5.92 Å². The second kappa shape index (κ2) is 13.9. The Hall–Kier alpha value is -3.78. The Balaban J connectivity index is 1.11. The zero-order chi connectivity index (χ0) is 29.5. The van der Waals surface area contributed by atoms with Gasteiger partial charge in [0.1, 0.15) is 11.5 Å². The molecule has 2 atom stereocenters. The normalized spacial score (nSPS) is 19.6. The fraction of sp³-hybridized carbons (Fsp3) is 0.471. The highest BCUT2D eigenvalue weighted by atomic mass is 16.5. The average molecular weight is 574 g/mol. The van der Waals surface area contributed by atoms with Gasteiger partial charge in [0.15, 0.2) is 6.61 Å². The standard InChI is InChI=1S/C34H43N3O5/c1-3-26-10-9-25(2)37(23-26)17-6-22-41-28-13-11-27(12-14-28)35-18-20-36(21-19-35)34(40)31-15-16-32(42-24-33(38)39)30-8-5-4-7-29(30)31/h4-5,7-8,11-16,25-26H,3,6,9-10,17-24H2,1-2H3,(H,38,39). The highest BCUT2D eigenvalue weighted by Gasteiger charge is 2.25. The lowest BCUT2D eigenvalue weighted by Crippen LogP contribution is -2.48. The maximum atomic E-state index is 13.5. The topological polar surface area (TPSA) is 82.5 Å². The Morgan fingerprint density at radius 1 is 0.905 bits per heavy atom. The highest BCUT2D eigenvalue weighted by Crippen LogP contribution is 2.30. The van der Waals surface area contributed by atoms with Gasteiger partial charge in [0, 0.05) is 61.9 Å². The molecule has 8 heteroatoms. The van der Waals surface area contributed by atoms with Crippen LogP contribution in [0, 0.1) is 5.92 Å². The number of amides is 1. The molecule has 0 radical (unpaired) electrons. The summed E-state index contributed by atoms with van der Waals surface area (Å²) in [5.74, 6) is 1.13. The number of carboxylic acids is 1. The van der Waals surface area contributed by atoms with Crippen molar-refractivity contribution < 1.29 is 24.2 Å². The molecule has 0 aliphatic carbocycles. The molecule has 2 heterocycles. The third kappa shape index (κ3) is 7.16. The molecule has 3 aromatic rings. The van der Waals surface area contributed by atoms with Gasteiger partial charge in [-0.05, 0) is 73.9 Å². The first-order chi connectivity index (χ1) is 20.4. The molecule has 2 aliphatic heterocycles. The Bertz CT molecular complexity index is 1350. The fourth-order valence-corrected chi connectivity index (χ4v) is 6.18. The van der Waals surface area contributed by atoms with E-state index in [9.17, 15) is 9.59 Å². The van der Waals surface area contributed by atoms with Crippen molar-refractivity contribution in [2.45, 2.75) is 45.6 Å². The van der Waals surface area contributed by atoms with Crippen molar-refractivity contribution in [1.82, 2.24) is 9.80 Å². The number of carbonyl (C=O) groups is 2. The second-order valence-corrected chi connectivity index (χ2v) is 11.5. The molecule has 0 bridgehead atoms. The first-order valence-electron chi connectivity index (χ1n) is 15.3. The molecule has 0 spiro atoms. The number of ether oxygens (including phenoxy) is 2. The van der Waals surface area contributed by atoms with Gasteiger partial charge in [0.2, 0.25) is 0 Å². The summed E-state index contributed by atoms with van der Waals surface area (Å²) in [5.41, 5.74) is 1.73. The van der Waals surface area contributed by atoms with Crippen LogP contribution in [0.5, 0.6) is 11.5 Å². The SMILES string of the molecule is CCC1CCC(C)N(CCCOc2ccc(N3CCN(C(=O)c4ccc(OCC(=O)O)c5ccccc45)CC3)cc2)C1. The number of likely N-dealkylation sites (tertiary alicyclic amines) is 1. The third-order valence-electron chi connectivity index (χ3n) is 8.78. The summed E-state index contributed by atoms with van der Waals surface area (Å²) in [6.07, 6.45) is 4.97. The van der Waals surface area contributed by atoms with Gasteiger partial charge in [-0.2, -0.15) is 0 Å². The fourth-order valence-electron chi connectivity index (χ4n) is 6.18. The van der Waals surface area contributed by atoms with E-state index in [-0.39, 0.29) is 5.91 Å². The smallest absolute Gasteiger partial charge is 0.341 e. The van der Waals surface area contributed by atoms with E-state index in [0.29, 0.717) is 30.4 Å². The molecule has 8 nitrogen and oxygen atoms in total. The van der Waals surface area contributed by atoms with Gasteiger partial charge < -0.3 is 29.3 Å². The zero-order valence-corrected chi connectivity index (χ0v) is 24.8. The van der Waals surface area contributed by atoms with E-state index in [0.717, 1.165) is 60.8 Å². The Kier molecular flexibility index (Phi) is 9.85. The number of piperazine rings is 1. The molecule has 5 rings (SSSR count). The summed E-state index contributed by atoms with van der Waals surface area (Å²) in [7, 11) is 0. The Morgan fingerprint density at radius 2 is 1.64 bits per heavy atom. The zero-order valence-electron chi connectivity index (χ0n) is 24.8. The first-order valence-corrected chi connectivity index (χ1v) is 15.3. The number of hydrogen-bond donors (Lipinski definition) is 1. The number of aliphatic carboxylic acids is 1. The number of rotatable bonds is 11. The molecule has 0 aromatic heterocycles. The number of fused-ring (bicyclic) bond motifs is 1. The number of piperidine rings is 1. The Labute approximate surface area is 248 Å². The van der Waals surface area contributed by atoms with Crippen molar-refractivity contribution in [3.05, 3.63) is 66.2 Å². The van der Waals surface area contributed by atoms with Crippen LogP contribution in [0.15, 0.2) is 60.7 Å². The monoisotopic (exact) mass is 573 g/mol. The van der Waals surface area contributed by atoms with E-state index in [2.05, 4.69) is 35.8 Å². The largest absolute Gasteiger partial charge is 0.494 e. The summed E-state index contributed by atoms with van der Waals surface area (Å²) in [4.78, 5) is 31.3. The Morgan fingerprint density at radius 3 is 2.36 bits per heavy atom. The number of anilines is 1. The minimum absolute atomic E-state index is 0.0245. The number of carboxylic acid groups (broad SMARTS) is 1. The molecule has 2 saturated heterocycles. The van der Waals surface area contributed by atoms with Crippen LogP contribution in [0.3, 0.4) is 0 Å². The van der Waals surface area contributed by atoms with Crippen molar-refractivity contribution in [1.29, 1.82) is 0 Å². The van der Waals surface area contributed by atoms with Crippen LogP contribution in [0.1, 0.15) is 49.9 Å². The molecule has 42 heavy (non-hydrogen) atoms. The van der Waals surface area contributed by atoms with Crippen molar-refractivity contribution in [3.8, 4) is 11.5 Å². The first kappa shape index (κ1) is 29.7. The van der Waals surface area contributed by atoms with Gasteiger partial charge in [0.25, 0.3) is 5.91 Å². The van der Waals surface area contributed by atoms with Crippen LogP contribution >= 0.6 is 0 Å².